The minimum Gasteiger partial charge on any atom is -0.336 e. The van der Waals surface area contributed by atoms with E-state index in [4.69, 9.17) is 4.11 Å². The fourth-order valence-electron chi connectivity index (χ4n) is 6.32. The van der Waals surface area contributed by atoms with Gasteiger partial charge in [0.1, 0.15) is 0 Å². The molecule has 0 N–H and O–H groups in total. The molecule has 5 aromatic rings. The summed E-state index contributed by atoms with van der Waals surface area (Å²) in [4.78, 5) is 2.38. The molecule has 40 heavy (non-hydrogen) atoms. The molecule has 0 amide bonds. The highest BCUT2D eigenvalue weighted by Gasteiger charge is 2.35. The molecule has 0 heterocycles. The van der Waals surface area contributed by atoms with Gasteiger partial charge in [0.25, 0.3) is 0 Å². The van der Waals surface area contributed by atoms with Crippen molar-refractivity contribution >= 4 is 11.4 Å². The second-order valence-corrected chi connectivity index (χ2v) is 12.5. The van der Waals surface area contributed by atoms with Gasteiger partial charge in [0.2, 0.25) is 0 Å². The van der Waals surface area contributed by atoms with Crippen molar-refractivity contribution in [2.24, 2.45) is 0 Å². The number of anilines is 2. The van der Waals surface area contributed by atoms with Crippen molar-refractivity contribution in [2.75, 3.05) is 4.90 Å². The molecule has 0 aromatic heterocycles. The topological polar surface area (TPSA) is 3.24 Å². The Kier molecular flexibility index (Phi) is 5.40. The van der Waals surface area contributed by atoms with Crippen molar-refractivity contribution in [3.8, 4) is 33.4 Å². The molecule has 0 atom stereocenters. The molecular formula is C39H39N. The molecule has 5 aromatic carbocycles. The Labute approximate surface area is 244 Å². The summed E-state index contributed by atoms with van der Waals surface area (Å²) in [7, 11) is 0. The molecule has 0 bridgehead atoms. The van der Waals surface area contributed by atoms with Gasteiger partial charge in [-0.15, -0.1) is 0 Å². The van der Waals surface area contributed by atoms with Crippen LogP contribution >= 0.6 is 0 Å². The average molecular weight is 525 g/mol. The van der Waals surface area contributed by atoms with Crippen LogP contribution in [0.15, 0.2) is 109 Å². The Morgan fingerprint density at radius 3 is 1.98 bits per heavy atom. The summed E-state index contributed by atoms with van der Waals surface area (Å²) in [6, 6.07) is 37.9. The van der Waals surface area contributed by atoms with Gasteiger partial charge in [-0.1, -0.05) is 98.8 Å². The first kappa shape index (κ1) is 22.7. The predicted molar refractivity (Wildman–Crippen MR) is 173 cm³/mol. The van der Waals surface area contributed by atoms with Crippen LogP contribution in [0, 0.1) is 13.8 Å². The van der Waals surface area contributed by atoms with Crippen molar-refractivity contribution in [3.05, 3.63) is 131 Å². The molecular weight excluding hydrogens is 482 g/mol. The molecule has 0 fully saturated rings. The van der Waals surface area contributed by atoms with Crippen molar-refractivity contribution in [2.45, 2.75) is 59.3 Å². The molecule has 1 heteroatoms. The van der Waals surface area contributed by atoms with Gasteiger partial charge in [-0.3, -0.25) is 0 Å². The summed E-state index contributed by atoms with van der Waals surface area (Å²) in [6.07, 6.45) is 0. The smallest absolute Gasteiger partial charge is 0.0451 e. The Morgan fingerprint density at radius 1 is 0.600 bits per heavy atom. The van der Waals surface area contributed by atoms with Gasteiger partial charge in [0, 0.05) is 26.4 Å². The second kappa shape index (κ2) is 9.52. The van der Waals surface area contributed by atoms with E-state index in [9.17, 15) is 0 Å². The molecule has 1 aliphatic rings. The lowest BCUT2D eigenvalue weighted by Crippen LogP contribution is -2.38. The maximum atomic E-state index is 8.45. The fourth-order valence-corrected chi connectivity index (χ4v) is 6.32. The van der Waals surface area contributed by atoms with Crippen molar-refractivity contribution in [1.82, 2.24) is 0 Å². The van der Waals surface area contributed by atoms with Crippen LogP contribution in [0.4, 0.5) is 11.4 Å². The first-order valence-electron chi connectivity index (χ1n) is 15.6. The molecule has 0 unspecified atom stereocenters. The third-order valence-corrected chi connectivity index (χ3v) is 8.39. The van der Waals surface area contributed by atoms with E-state index in [0.717, 1.165) is 33.6 Å². The molecule has 0 radical (unpaired) electrons. The lowest BCUT2D eigenvalue weighted by molar-refractivity contribution is 0.559. The quantitative estimate of drug-likeness (QED) is 0.226. The van der Waals surface area contributed by atoms with Gasteiger partial charge in [0.05, 0.1) is 0 Å². The van der Waals surface area contributed by atoms with Gasteiger partial charge in [-0.2, -0.15) is 0 Å². The van der Waals surface area contributed by atoms with Crippen LogP contribution < -0.4 is 4.90 Å². The zero-order valence-electron chi connectivity index (χ0n) is 27.3. The van der Waals surface area contributed by atoms with Crippen LogP contribution in [0.5, 0.6) is 0 Å². The fraction of sp³-hybridized carbons (Fsp3) is 0.231. The first-order valence-corrected chi connectivity index (χ1v) is 14.1. The number of benzene rings is 5. The number of nitrogens with zero attached hydrogens (tertiary/aromatic N) is 1. The molecule has 0 spiro atoms. The maximum Gasteiger partial charge on any atom is 0.0451 e. The van der Waals surface area contributed by atoms with Crippen LogP contribution in [-0.4, -0.2) is 5.54 Å². The van der Waals surface area contributed by atoms with Gasteiger partial charge >= 0.3 is 0 Å². The SMILES string of the molecule is [2H]C([2H])([2H])c1cc2c(cc1-c1ccc(N(c3cc(-c4ccccc4)ccc3C)C(C)(C)C)cc1)C(C)(C)c1ccccc1-2. The Morgan fingerprint density at radius 2 is 1.27 bits per heavy atom. The number of hydrogen-bond donors (Lipinski definition) is 0. The summed E-state index contributed by atoms with van der Waals surface area (Å²) < 4.78 is 25.4. The standard InChI is InChI=1S/C39H39N/c1-26-17-18-30(28-13-9-8-10-14-28)24-37(26)40(38(3,4)5)31-21-19-29(20-22-31)33-25-36-34(23-27(33)2)32-15-11-12-16-35(32)39(36,6)7/h8-25H,1-7H3/i2D3. The predicted octanol–water partition coefficient (Wildman–Crippen LogP) is 10.9. The normalized spacial score (nSPS) is 15.0. The Balaban J connectivity index is 1.46. The van der Waals surface area contributed by atoms with Gasteiger partial charge < -0.3 is 4.90 Å². The zero-order chi connectivity index (χ0) is 30.7. The third kappa shape index (κ3) is 4.34. The Hall–Kier alpha value is -4.10. The Bertz CT molecular complexity index is 1810. The van der Waals surface area contributed by atoms with Crippen LogP contribution in [0.3, 0.4) is 0 Å². The lowest BCUT2D eigenvalue weighted by atomic mass is 9.81. The highest BCUT2D eigenvalue weighted by Crippen LogP contribution is 2.50. The second-order valence-electron chi connectivity index (χ2n) is 12.5. The summed E-state index contributed by atoms with van der Waals surface area (Å²) in [5.74, 6) is 0. The third-order valence-electron chi connectivity index (χ3n) is 8.39. The van der Waals surface area contributed by atoms with Crippen molar-refractivity contribution in [1.29, 1.82) is 0 Å². The summed E-state index contributed by atoms with van der Waals surface area (Å²) in [5, 5.41) is 0. The largest absolute Gasteiger partial charge is 0.336 e. The average Bonchev–Trinajstić information content (AvgIpc) is 3.19. The highest BCUT2D eigenvalue weighted by atomic mass is 15.2. The number of rotatable bonds is 4. The molecule has 6 rings (SSSR count). The minimum absolute atomic E-state index is 0.200. The number of aryl methyl sites for hydroxylation is 2. The molecule has 200 valence electrons. The van der Waals surface area contributed by atoms with Crippen molar-refractivity contribution < 1.29 is 4.11 Å². The lowest BCUT2D eigenvalue weighted by Gasteiger charge is -2.39. The molecule has 1 aliphatic carbocycles. The van der Waals surface area contributed by atoms with Crippen LogP contribution in [0.2, 0.25) is 0 Å². The van der Waals surface area contributed by atoms with Crippen LogP contribution in [0.25, 0.3) is 33.4 Å². The van der Waals surface area contributed by atoms with Gasteiger partial charge in [0.15, 0.2) is 0 Å². The first-order chi connectivity index (χ1) is 20.3. The number of fused-ring (bicyclic) bond motifs is 3. The van der Waals surface area contributed by atoms with Crippen LogP contribution in [0.1, 0.15) is 61.0 Å². The molecule has 1 nitrogen and oxygen atoms in total. The minimum atomic E-state index is -2.24. The summed E-state index contributed by atoms with van der Waals surface area (Å²) in [6.45, 7) is 11.0. The summed E-state index contributed by atoms with van der Waals surface area (Å²) >= 11 is 0. The van der Waals surface area contributed by atoms with Gasteiger partial charge in [-0.05, 0) is 114 Å². The monoisotopic (exact) mass is 524 g/mol. The van der Waals surface area contributed by atoms with Crippen LogP contribution in [-0.2, 0) is 5.41 Å². The van der Waals surface area contributed by atoms with E-state index in [0.29, 0.717) is 5.56 Å². The summed E-state index contributed by atoms with van der Waals surface area (Å²) in [5.41, 5.74) is 12.0. The number of hydrogen-bond acceptors (Lipinski definition) is 1. The van der Waals surface area contributed by atoms with Gasteiger partial charge in [-0.25, -0.2) is 0 Å². The molecule has 0 saturated heterocycles. The van der Waals surface area contributed by atoms with E-state index in [1.54, 1.807) is 0 Å². The highest BCUT2D eigenvalue weighted by molar-refractivity contribution is 5.85. The van der Waals surface area contributed by atoms with E-state index < -0.39 is 6.85 Å². The molecule has 0 saturated carbocycles. The van der Waals surface area contributed by atoms with E-state index in [2.05, 4.69) is 137 Å². The van der Waals surface area contributed by atoms with E-state index in [1.165, 1.54) is 27.8 Å². The van der Waals surface area contributed by atoms with E-state index in [-0.39, 0.29) is 11.0 Å². The van der Waals surface area contributed by atoms with E-state index >= 15 is 0 Å². The van der Waals surface area contributed by atoms with Crippen molar-refractivity contribution in [3.63, 3.8) is 0 Å². The zero-order valence-corrected chi connectivity index (χ0v) is 24.3. The van der Waals surface area contributed by atoms with E-state index in [1.807, 2.05) is 18.2 Å². The maximum absolute atomic E-state index is 8.45. The molecule has 0 aliphatic heterocycles.